The fourth-order valence-corrected chi connectivity index (χ4v) is 3.21. The fourth-order valence-electron chi connectivity index (χ4n) is 3.21. The number of para-hydroxylation sites is 1. The fraction of sp³-hybridized carbons (Fsp3) is 0.625. The zero-order chi connectivity index (χ0) is 13.3. The third-order valence-electron chi connectivity index (χ3n) is 4.51. The minimum absolute atomic E-state index is 0.133. The Balaban J connectivity index is 1.74. The van der Waals surface area contributed by atoms with Crippen LogP contribution in [0, 0.1) is 6.92 Å². The van der Waals surface area contributed by atoms with Crippen LogP contribution in [0.25, 0.3) is 0 Å². The molecule has 104 valence electrons. The van der Waals surface area contributed by atoms with E-state index in [4.69, 9.17) is 15.2 Å². The normalized spacial score (nSPS) is 25.1. The van der Waals surface area contributed by atoms with Crippen LogP contribution in [-0.2, 0) is 11.3 Å². The Morgan fingerprint density at radius 3 is 2.95 bits per heavy atom. The van der Waals surface area contributed by atoms with E-state index in [0.717, 1.165) is 30.8 Å². The molecule has 1 unspecified atom stereocenters. The summed E-state index contributed by atoms with van der Waals surface area (Å²) in [5.74, 6) is 0.992. The number of nitrogens with two attached hydrogens (primary N) is 1. The molecule has 2 fully saturated rings. The summed E-state index contributed by atoms with van der Waals surface area (Å²) in [7, 11) is 0. The third-order valence-corrected chi connectivity index (χ3v) is 4.51. The molecule has 0 bridgehead atoms. The Labute approximate surface area is 115 Å². The first kappa shape index (κ1) is 12.9. The van der Waals surface area contributed by atoms with Gasteiger partial charge in [0.05, 0.1) is 12.2 Å². The summed E-state index contributed by atoms with van der Waals surface area (Å²) in [6, 6.07) is 6.19. The molecule has 0 radical (unpaired) electrons. The maximum atomic E-state index is 6.28. The van der Waals surface area contributed by atoms with E-state index in [1.165, 1.54) is 24.8 Å². The zero-order valence-corrected chi connectivity index (χ0v) is 11.7. The van der Waals surface area contributed by atoms with Crippen molar-refractivity contribution in [2.45, 2.75) is 57.3 Å². The molecule has 1 aromatic rings. The van der Waals surface area contributed by atoms with Crippen LogP contribution in [-0.4, -0.2) is 18.3 Å². The highest BCUT2D eigenvalue weighted by atomic mass is 16.5. The summed E-state index contributed by atoms with van der Waals surface area (Å²) in [4.78, 5) is 0. The van der Waals surface area contributed by atoms with Crippen LogP contribution in [0.15, 0.2) is 18.2 Å². The van der Waals surface area contributed by atoms with Gasteiger partial charge in [0.1, 0.15) is 11.9 Å². The van der Waals surface area contributed by atoms with Crippen molar-refractivity contribution in [1.29, 1.82) is 0 Å². The Morgan fingerprint density at radius 1 is 1.42 bits per heavy atom. The molecule has 1 spiro atoms. The van der Waals surface area contributed by atoms with Crippen LogP contribution >= 0.6 is 0 Å². The molecule has 0 amide bonds. The molecule has 2 aliphatic rings. The van der Waals surface area contributed by atoms with Gasteiger partial charge < -0.3 is 15.2 Å². The SMILES string of the molecule is Cc1cccc(CN)c1OC1CCOC2(CCC2)C1. The lowest BCUT2D eigenvalue weighted by Crippen LogP contribution is -2.48. The van der Waals surface area contributed by atoms with Crippen LogP contribution in [0.5, 0.6) is 5.75 Å². The molecule has 1 aliphatic heterocycles. The molecular formula is C16H23NO2. The standard InChI is InChI=1S/C16H23NO2/c1-12-4-2-5-13(11-17)15(12)19-14-6-9-18-16(10-14)7-3-8-16/h2,4-5,14H,3,6-11,17H2,1H3. The Bertz CT molecular complexity index is 454. The molecule has 0 aromatic heterocycles. The minimum atomic E-state index is 0.133. The number of aryl methyl sites for hydroxylation is 1. The second-order valence-corrected chi connectivity index (χ2v) is 5.88. The van der Waals surface area contributed by atoms with Crippen molar-refractivity contribution in [3.63, 3.8) is 0 Å². The van der Waals surface area contributed by atoms with E-state index in [1.54, 1.807) is 0 Å². The van der Waals surface area contributed by atoms with Gasteiger partial charge in [-0.2, -0.15) is 0 Å². The van der Waals surface area contributed by atoms with Crippen LogP contribution in [0.4, 0.5) is 0 Å². The highest BCUT2D eigenvalue weighted by molar-refractivity contribution is 5.40. The van der Waals surface area contributed by atoms with Gasteiger partial charge in [-0.25, -0.2) is 0 Å². The van der Waals surface area contributed by atoms with E-state index in [0.29, 0.717) is 6.54 Å². The maximum Gasteiger partial charge on any atom is 0.127 e. The largest absolute Gasteiger partial charge is 0.490 e. The number of rotatable bonds is 3. The molecular weight excluding hydrogens is 238 g/mol. The van der Waals surface area contributed by atoms with Crippen LogP contribution in [0.3, 0.4) is 0 Å². The Hall–Kier alpha value is -1.06. The molecule has 3 nitrogen and oxygen atoms in total. The van der Waals surface area contributed by atoms with Gasteiger partial charge in [-0.3, -0.25) is 0 Å². The first-order valence-electron chi connectivity index (χ1n) is 7.32. The van der Waals surface area contributed by atoms with E-state index < -0.39 is 0 Å². The lowest BCUT2D eigenvalue weighted by Gasteiger charge is -2.47. The molecule has 2 N–H and O–H groups in total. The maximum absolute atomic E-state index is 6.28. The predicted octanol–water partition coefficient (Wildman–Crippen LogP) is 2.93. The van der Waals surface area contributed by atoms with E-state index in [-0.39, 0.29) is 11.7 Å². The molecule has 3 rings (SSSR count). The van der Waals surface area contributed by atoms with Crippen LogP contribution in [0.1, 0.15) is 43.2 Å². The van der Waals surface area contributed by atoms with Crippen molar-refractivity contribution in [2.75, 3.05) is 6.61 Å². The second-order valence-electron chi connectivity index (χ2n) is 5.88. The van der Waals surface area contributed by atoms with E-state index >= 15 is 0 Å². The summed E-state index contributed by atoms with van der Waals surface area (Å²) >= 11 is 0. The molecule has 1 aliphatic carbocycles. The summed E-state index contributed by atoms with van der Waals surface area (Å²) < 4.78 is 12.2. The summed E-state index contributed by atoms with van der Waals surface area (Å²) in [5, 5.41) is 0. The van der Waals surface area contributed by atoms with Crippen LogP contribution in [0.2, 0.25) is 0 Å². The van der Waals surface area contributed by atoms with Gasteiger partial charge in [-0.05, 0) is 31.7 Å². The molecule has 3 heteroatoms. The predicted molar refractivity (Wildman–Crippen MR) is 75.3 cm³/mol. The molecule has 1 heterocycles. The van der Waals surface area contributed by atoms with Crippen molar-refractivity contribution in [1.82, 2.24) is 0 Å². The van der Waals surface area contributed by atoms with Gasteiger partial charge in [0.2, 0.25) is 0 Å². The minimum Gasteiger partial charge on any atom is -0.490 e. The highest BCUT2D eigenvalue weighted by Crippen LogP contribution is 2.43. The third kappa shape index (κ3) is 2.49. The summed E-state index contributed by atoms with van der Waals surface area (Å²) in [6.45, 7) is 3.45. The lowest BCUT2D eigenvalue weighted by molar-refractivity contribution is -0.153. The van der Waals surface area contributed by atoms with Crippen molar-refractivity contribution in [3.05, 3.63) is 29.3 Å². The van der Waals surface area contributed by atoms with Gasteiger partial charge in [0.25, 0.3) is 0 Å². The first-order chi connectivity index (χ1) is 9.22. The van der Waals surface area contributed by atoms with Crippen molar-refractivity contribution in [3.8, 4) is 5.75 Å². The van der Waals surface area contributed by atoms with Crippen molar-refractivity contribution < 1.29 is 9.47 Å². The van der Waals surface area contributed by atoms with Gasteiger partial charge in [-0.15, -0.1) is 0 Å². The zero-order valence-electron chi connectivity index (χ0n) is 11.7. The quantitative estimate of drug-likeness (QED) is 0.910. The van der Waals surface area contributed by atoms with Crippen molar-refractivity contribution >= 4 is 0 Å². The molecule has 1 saturated heterocycles. The van der Waals surface area contributed by atoms with Gasteiger partial charge in [0.15, 0.2) is 0 Å². The monoisotopic (exact) mass is 261 g/mol. The van der Waals surface area contributed by atoms with Gasteiger partial charge in [0, 0.05) is 24.9 Å². The Morgan fingerprint density at radius 2 is 2.26 bits per heavy atom. The first-order valence-corrected chi connectivity index (χ1v) is 7.32. The van der Waals surface area contributed by atoms with E-state index in [2.05, 4.69) is 19.1 Å². The average Bonchev–Trinajstić information content (AvgIpc) is 2.40. The smallest absolute Gasteiger partial charge is 0.127 e. The number of ether oxygens (including phenoxy) is 2. The summed E-state index contributed by atoms with van der Waals surface area (Å²) in [6.07, 6.45) is 5.99. The molecule has 19 heavy (non-hydrogen) atoms. The molecule has 1 atom stereocenters. The Kier molecular flexibility index (Phi) is 3.50. The highest BCUT2D eigenvalue weighted by Gasteiger charge is 2.43. The lowest BCUT2D eigenvalue weighted by atomic mass is 9.74. The molecule has 1 saturated carbocycles. The van der Waals surface area contributed by atoms with Crippen LogP contribution < -0.4 is 10.5 Å². The summed E-state index contributed by atoms with van der Waals surface area (Å²) in [5.41, 5.74) is 8.23. The van der Waals surface area contributed by atoms with E-state index in [1.807, 2.05) is 6.07 Å². The van der Waals surface area contributed by atoms with Gasteiger partial charge >= 0.3 is 0 Å². The number of benzene rings is 1. The van der Waals surface area contributed by atoms with Crippen molar-refractivity contribution in [2.24, 2.45) is 5.73 Å². The topological polar surface area (TPSA) is 44.5 Å². The number of hydrogen-bond acceptors (Lipinski definition) is 3. The molecule has 1 aromatic carbocycles. The second kappa shape index (κ2) is 5.14. The van der Waals surface area contributed by atoms with Gasteiger partial charge in [-0.1, -0.05) is 18.2 Å². The average molecular weight is 261 g/mol. The number of hydrogen-bond donors (Lipinski definition) is 1. The van der Waals surface area contributed by atoms with E-state index in [9.17, 15) is 0 Å².